The first-order valence-corrected chi connectivity index (χ1v) is 9.06. The summed E-state index contributed by atoms with van der Waals surface area (Å²) in [6.07, 6.45) is 3.47. The maximum atomic E-state index is 12.4. The van der Waals surface area contributed by atoms with E-state index < -0.39 is 0 Å². The molecule has 0 radical (unpaired) electrons. The van der Waals surface area contributed by atoms with Crippen molar-refractivity contribution in [3.63, 3.8) is 0 Å². The van der Waals surface area contributed by atoms with Crippen LogP contribution in [0.3, 0.4) is 0 Å². The Kier molecular flexibility index (Phi) is 4.64. The molecule has 2 aromatic heterocycles. The minimum absolute atomic E-state index is 0.196. The Balaban J connectivity index is 1.51. The van der Waals surface area contributed by atoms with Gasteiger partial charge in [0.05, 0.1) is 11.6 Å². The summed E-state index contributed by atoms with van der Waals surface area (Å²) in [5.41, 5.74) is 1.36. The van der Waals surface area contributed by atoms with Gasteiger partial charge in [0, 0.05) is 25.0 Å². The van der Waals surface area contributed by atoms with Gasteiger partial charge in [-0.25, -0.2) is 0 Å². The Morgan fingerprint density at radius 1 is 1.07 bits per heavy atom. The average molecular weight is 380 g/mol. The molecule has 0 bridgehead atoms. The first-order valence-electron chi connectivity index (χ1n) is 8.68. The zero-order valence-corrected chi connectivity index (χ0v) is 15.5. The van der Waals surface area contributed by atoms with E-state index in [0.29, 0.717) is 23.9 Å². The molecule has 0 unspecified atom stereocenters. The van der Waals surface area contributed by atoms with Crippen LogP contribution in [0.5, 0.6) is 0 Å². The van der Waals surface area contributed by atoms with Crippen LogP contribution >= 0.6 is 11.6 Å². The number of aryl methyl sites for hydroxylation is 1. The summed E-state index contributed by atoms with van der Waals surface area (Å²) in [6.45, 7) is 3.19. The van der Waals surface area contributed by atoms with Crippen LogP contribution in [0.1, 0.15) is 23.0 Å². The van der Waals surface area contributed by atoms with Gasteiger partial charge in [-0.1, -0.05) is 54.1 Å². The number of carbonyl (C=O) groups excluding carboxylic acids is 1. The average Bonchev–Trinajstić information content (AvgIpc) is 3.28. The van der Waals surface area contributed by atoms with Crippen molar-refractivity contribution in [2.24, 2.45) is 0 Å². The lowest BCUT2D eigenvalue weighted by Crippen LogP contribution is -2.14. The van der Waals surface area contributed by atoms with Crippen molar-refractivity contribution < 1.29 is 4.79 Å². The maximum absolute atomic E-state index is 12.4. The molecule has 0 fully saturated rings. The molecule has 0 spiro atoms. The standard InChI is InChI=1S/C20H18ClN5O/c1-2-25-13-17(21)19(24-25)20(27)22-18-10-11-26(23-18)12-15-8-5-7-14-6-3-4-9-16(14)15/h3-11,13H,2,12H2,1H3,(H,22,23,27). The molecule has 27 heavy (non-hydrogen) atoms. The minimum Gasteiger partial charge on any atom is -0.304 e. The molecule has 1 N–H and O–H groups in total. The van der Waals surface area contributed by atoms with Crippen molar-refractivity contribution in [1.29, 1.82) is 0 Å². The molecule has 0 aliphatic carbocycles. The van der Waals surface area contributed by atoms with Crippen molar-refractivity contribution in [2.45, 2.75) is 20.0 Å². The monoisotopic (exact) mass is 379 g/mol. The molecular weight excluding hydrogens is 362 g/mol. The van der Waals surface area contributed by atoms with E-state index >= 15 is 0 Å². The molecule has 4 rings (SSSR count). The quantitative estimate of drug-likeness (QED) is 0.565. The number of hydrogen-bond acceptors (Lipinski definition) is 3. The topological polar surface area (TPSA) is 64.7 Å². The molecule has 7 heteroatoms. The molecule has 6 nitrogen and oxygen atoms in total. The highest BCUT2D eigenvalue weighted by molar-refractivity contribution is 6.34. The van der Waals surface area contributed by atoms with Crippen LogP contribution < -0.4 is 5.32 Å². The summed E-state index contributed by atoms with van der Waals surface area (Å²) >= 11 is 6.08. The third kappa shape index (κ3) is 3.57. The van der Waals surface area contributed by atoms with Gasteiger partial charge in [0.15, 0.2) is 11.5 Å². The molecule has 0 saturated heterocycles. The number of rotatable bonds is 5. The van der Waals surface area contributed by atoms with Crippen LogP contribution in [0.2, 0.25) is 5.02 Å². The smallest absolute Gasteiger partial charge is 0.278 e. The van der Waals surface area contributed by atoms with E-state index in [9.17, 15) is 4.79 Å². The lowest BCUT2D eigenvalue weighted by molar-refractivity contribution is 0.102. The normalized spacial score (nSPS) is 11.0. The van der Waals surface area contributed by atoms with Crippen molar-refractivity contribution in [3.05, 3.63) is 77.2 Å². The fourth-order valence-electron chi connectivity index (χ4n) is 3.01. The number of anilines is 1. The Morgan fingerprint density at radius 2 is 1.89 bits per heavy atom. The Morgan fingerprint density at radius 3 is 2.70 bits per heavy atom. The number of carbonyl (C=O) groups is 1. The number of nitrogens with zero attached hydrogens (tertiary/aromatic N) is 4. The molecule has 136 valence electrons. The first kappa shape index (κ1) is 17.3. The second kappa shape index (κ2) is 7.25. The van der Waals surface area contributed by atoms with Crippen molar-refractivity contribution >= 4 is 34.1 Å². The number of halogens is 1. The lowest BCUT2D eigenvalue weighted by Gasteiger charge is -2.07. The van der Waals surface area contributed by atoms with Gasteiger partial charge in [0.2, 0.25) is 0 Å². The van der Waals surface area contributed by atoms with Gasteiger partial charge in [0.1, 0.15) is 0 Å². The molecule has 2 aromatic carbocycles. The SMILES string of the molecule is CCn1cc(Cl)c(C(=O)Nc2ccn(Cc3cccc4ccccc34)n2)n1. The molecule has 0 aliphatic rings. The highest BCUT2D eigenvalue weighted by Gasteiger charge is 2.16. The number of fused-ring (bicyclic) bond motifs is 1. The first-order chi connectivity index (χ1) is 13.1. The second-order valence-corrected chi connectivity index (χ2v) is 6.58. The number of nitrogens with one attached hydrogen (secondary N) is 1. The Labute approximate surface area is 161 Å². The van der Waals surface area contributed by atoms with E-state index in [2.05, 4.69) is 39.8 Å². The number of benzene rings is 2. The Bertz CT molecular complexity index is 1110. The third-order valence-electron chi connectivity index (χ3n) is 4.35. The van der Waals surface area contributed by atoms with Gasteiger partial charge >= 0.3 is 0 Å². The van der Waals surface area contributed by atoms with Crippen molar-refractivity contribution in [1.82, 2.24) is 19.6 Å². The van der Waals surface area contributed by atoms with E-state index in [-0.39, 0.29) is 11.6 Å². The van der Waals surface area contributed by atoms with Gasteiger partial charge in [-0.05, 0) is 23.3 Å². The summed E-state index contributed by atoms with van der Waals surface area (Å²) in [7, 11) is 0. The molecule has 0 saturated carbocycles. The van der Waals surface area contributed by atoms with E-state index in [1.54, 1.807) is 21.6 Å². The van der Waals surface area contributed by atoms with Crippen LogP contribution in [-0.2, 0) is 13.1 Å². The van der Waals surface area contributed by atoms with Crippen LogP contribution in [0.25, 0.3) is 10.8 Å². The Hall–Kier alpha value is -3.12. The fourth-order valence-corrected chi connectivity index (χ4v) is 3.25. The molecule has 2 heterocycles. The van der Waals surface area contributed by atoms with Gasteiger partial charge < -0.3 is 5.32 Å². The molecule has 0 atom stereocenters. The van der Waals surface area contributed by atoms with E-state index in [0.717, 1.165) is 0 Å². The van der Waals surface area contributed by atoms with Crippen LogP contribution in [-0.4, -0.2) is 25.5 Å². The van der Waals surface area contributed by atoms with Crippen molar-refractivity contribution in [3.8, 4) is 0 Å². The van der Waals surface area contributed by atoms with Gasteiger partial charge in [-0.3, -0.25) is 14.2 Å². The van der Waals surface area contributed by atoms with Gasteiger partial charge in [-0.15, -0.1) is 0 Å². The minimum atomic E-state index is -0.373. The summed E-state index contributed by atoms with van der Waals surface area (Å²) in [5.74, 6) is 0.0879. The van der Waals surface area contributed by atoms with Crippen LogP contribution in [0.4, 0.5) is 5.82 Å². The van der Waals surface area contributed by atoms with Gasteiger partial charge in [-0.2, -0.15) is 10.2 Å². The lowest BCUT2D eigenvalue weighted by atomic mass is 10.0. The van der Waals surface area contributed by atoms with Crippen LogP contribution in [0.15, 0.2) is 60.9 Å². The fraction of sp³-hybridized carbons (Fsp3) is 0.150. The predicted molar refractivity (Wildman–Crippen MR) is 106 cm³/mol. The summed E-state index contributed by atoms with van der Waals surface area (Å²) in [5, 5.41) is 14.1. The number of hydrogen-bond donors (Lipinski definition) is 1. The zero-order valence-electron chi connectivity index (χ0n) is 14.8. The number of aromatic nitrogens is 4. The zero-order chi connectivity index (χ0) is 18.8. The molecule has 0 aliphatic heterocycles. The summed E-state index contributed by atoms with van der Waals surface area (Å²) < 4.78 is 3.42. The highest BCUT2D eigenvalue weighted by Crippen LogP contribution is 2.20. The molecular formula is C20H18ClN5O. The maximum Gasteiger partial charge on any atom is 0.278 e. The summed E-state index contributed by atoms with van der Waals surface area (Å²) in [4.78, 5) is 12.4. The predicted octanol–water partition coefficient (Wildman–Crippen LogP) is 4.21. The van der Waals surface area contributed by atoms with Gasteiger partial charge in [0.25, 0.3) is 5.91 Å². The second-order valence-electron chi connectivity index (χ2n) is 6.17. The van der Waals surface area contributed by atoms with E-state index in [1.165, 1.54) is 16.3 Å². The van der Waals surface area contributed by atoms with E-state index in [4.69, 9.17) is 11.6 Å². The highest BCUT2D eigenvalue weighted by atomic mass is 35.5. The third-order valence-corrected chi connectivity index (χ3v) is 4.63. The molecule has 4 aromatic rings. The van der Waals surface area contributed by atoms with Crippen LogP contribution in [0, 0.1) is 0 Å². The summed E-state index contributed by atoms with van der Waals surface area (Å²) in [6, 6.07) is 16.2. The van der Waals surface area contributed by atoms with E-state index in [1.807, 2.05) is 31.3 Å². The molecule has 1 amide bonds. The number of amides is 1. The van der Waals surface area contributed by atoms with Crippen molar-refractivity contribution in [2.75, 3.05) is 5.32 Å². The largest absolute Gasteiger partial charge is 0.304 e.